The van der Waals surface area contributed by atoms with Crippen molar-refractivity contribution in [1.82, 2.24) is 4.90 Å². The Hall–Kier alpha value is -1.35. The van der Waals surface area contributed by atoms with E-state index in [0.29, 0.717) is 12.5 Å². The molecule has 1 aliphatic rings. The summed E-state index contributed by atoms with van der Waals surface area (Å²) >= 11 is 0. The van der Waals surface area contributed by atoms with Crippen LogP contribution in [0.15, 0.2) is 24.3 Å². The summed E-state index contributed by atoms with van der Waals surface area (Å²) in [6.45, 7) is 5.55. The topological polar surface area (TPSA) is 46.3 Å². The van der Waals surface area contributed by atoms with Crippen LogP contribution in [0.2, 0.25) is 0 Å². The lowest BCUT2D eigenvalue weighted by Crippen LogP contribution is -2.50. The molecule has 1 unspecified atom stereocenters. The molecule has 1 aliphatic heterocycles. The van der Waals surface area contributed by atoms with Gasteiger partial charge in [0.25, 0.3) is 5.91 Å². The second-order valence-corrected chi connectivity index (χ2v) is 4.95. The average molecular weight is 232 g/mol. The van der Waals surface area contributed by atoms with Gasteiger partial charge in [-0.15, -0.1) is 0 Å². The zero-order valence-electron chi connectivity index (χ0n) is 10.5. The van der Waals surface area contributed by atoms with Gasteiger partial charge in [0.1, 0.15) is 0 Å². The summed E-state index contributed by atoms with van der Waals surface area (Å²) in [5.74, 6) is 0.533. The van der Waals surface area contributed by atoms with Gasteiger partial charge < -0.3 is 10.6 Å². The van der Waals surface area contributed by atoms with Crippen molar-refractivity contribution in [2.45, 2.75) is 26.3 Å². The molecule has 1 aromatic rings. The number of fused-ring (bicyclic) bond motifs is 1. The van der Waals surface area contributed by atoms with Crippen LogP contribution in [0.25, 0.3) is 0 Å². The van der Waals surface area contributed by atoms with Gasteiger partial charge in [0.05, 0.1) is 0 Å². The Morgan fingerprint density at radius 3 is 2.71 bits per heavy atom. The summed E-state index contributed by atoms with van der Waals surface area (Å²) in [4.78, 5) is 14.3. The first-order chi connectivity index (χ1) is 8.15. The lowest BCUT2D eigenvalue weighted by molar-refractivity contribution is 0.0615. The van der Waals surface area contributed by atoms with E-state index < -0.39 is 0 Å². The molecule has 0 saturated heterocycles. The molecule has 1 atom stereocenters. The molecule has 3 heteroatoms. The number of carbonyl (C=O) groups is 1. The van der Waals surface area contributed by atoms with Gasteiger partial charge in [-0.05, 0) is 24.0 Å². The van der Waals surface area contributed by atoms with E-state index in [2.05, 4.69) is 13.8 Å². The summed E-state index contributed by atoms with van der Waals surface area (Å²) in [6.07, 6.45) is 0.936. The monoisotopic (exact) mass is 232 g/mol. The lowest BCUT2D eigenvalue weighted by atomic mass is 9.94. The van der Waals surface area contributed by atoms with Gasteiger partial charge in [-0.1, -0.05) is 32.0 Å². The standard InChI is InChI=1S/C14H20N2O/c1-10(2)13(9-15)16-8-7-11-5-3-4-6-12(11)14(16)17/h3-6,10,13H,7-9,15H2,1-2H3. The van der Waals surface area contributed by atoms with Crippen LogP contribution in [0.5, 0.6) is 0 Å². The van der Waals surface area contributed by atoms with Crippen LogP contribution in [-0.4, -0.2) is 29.9 Å². The van der Waals surface area contributed by atoms with Crippen molar-refractivity contribution in [3.63, 3.8) is 0 Å². The van der Waals surface area contributed by atoms with E-state index in [1.807, 2.05) is 29.2 Å². The Labute approximate surface area is 103 Å². The maximum atomic E-state index is 12.4. The van der Waals surface area contributed by atoms with Crippen molar-refractivity contribution in [2.75, 3.05) is 13.1 Å². The summed E-state index contributed by atoms with van der Waals surface area (Å²) in [5.41, 5.74) is 7.80. The van der Waals surface area contributed by atoms with Gasteiger partial charge in [-0.25, -0.2) is 0 Å². The van der Waals surface area contributed by atoms with Crippen LogP contribution < -0.4 is 5.73 Å². The number of nitrogens with zero attached hydrogens (tertiary/aromatic N) is 1. The Balaban J connectivity index is 2.28. The molecule has 1 amide bonds. The van der Waals surface area contributed by atoms with Gasteiger partial charge in [0.15, 0.2) is 0 Å². The van der Waals surface area contributed by atoms with Crippen LogP contribution in [0, 0.1) is 5.92 Å². The highest BCUT2D eigenvalue weighted by atomic mass is 16.2. The van der Waals surface area contributed by atoms with Crippen molar-refractivity contribution in [1.29, 1.82) is 0 Å². The Morgan fingerprint density at radius 1 is 1.35 bits per heavy atom. The molecule has 2 rings (SSSR count). The van der Waals surface area contributed by atoms with Crippen molar-refractivity contribution in [3.8, 4) is 0 Å². The molecule has 0 radical (unpaired) electrons. The first kappa shape index (κ1) is 12.1. The Morgan fingerprint density at radius 2 is 2.06 bits per heavy atom. The number of hydrogen-bond donors (Lipinski definition) is 1. The van der Waals surface area contributed by atoms with E-state index in [0.717, 1.165) is 24.1 Å². The minimum atomic E-state index is 0.135. The van der Waals surface area contributed by atoms with E-state index in [1.165, 1.54) is 0 Å². The summed E-state index contributed by atoms with van der Waals surface area (Å²) < 4.78 is 0. The highest BCUT2D eigenvalue weighted by Gasteiger charge is 2.30. The molecule has 2 N–H and O–H groups in total. The van der Waals surface area contributed by atoms with Crippen LogP contribution in [-0.2, 0) is 6.42 Å². The van der Waals surface area contributed by atoms with Gasteiger partial charge in [-0.2, -0.15) is 0 Å². The van der Waals surface area contributed by atoms with E-state index >= 15 is 0 Å². The third-order valence-corrected chi connectivity index (χ3v) is 3.54. The molecule has 0 bridgehead atoms. The minimum Gasteiger partial charge on any atom is -0.334 e. The van der Waals surface area contributed by atoms with Gasteiger partial charge >= 0.3 is 0 Å². The Kier molecular flexibility index (Phi) is 3.48. The molecule has 92 valence electrons. The van der Waals surface area contributed by atoms with Crippen LogP contribution >= 0.6 is 0 Å². The minimum absolute atomic E-state index is 0.135. The largest absolute Gasteiger partial charge is 0.334 e. The number of benzene rings is 1. The zero-order chi connectivity index (χ0) is 12.4. The Bertz CT molecular complexity index is 414. The van der Waals surface area contributed by atoms with Gasteiger partial charge in [-0.3, -0.25) is 4.79 Å². The van der Waals surface area contributed by atoms with Crippen molar-refractivity contribution in [2.24, 2.45) is 11.7 Å². The molecule has 0 aliphatic carbocycles. The number of amides is 1. The second kappa shape index (κ2) is 4.88. The molecule has 3 nitrogen and oxygen atoms in total. The number of rotatable bonds is 3. The zero-order valence-corrected chi connectivity index (χ0v) is 10.5. The number of hydrogen-bond acceptors (Lipinski definition) is 2. The van der Waals surface area contributed by atoms with E-state index in [9.17, 15) is 4.79 Å². The predicted molar refractivity (Wildman–Crippen MR) is 68.9 cm³/mol. The molecular weight excluding hydrogens is 212 g/mol. The number of carbonyl (C=O) groups excluding carboxylic acids is 1. The van der Waals surface area contributed by atoms with Crippen molar-refractivity contribution >= 4 is 5.91 Å². The van der Waals surface area contributed by atoms with Gasteiger partial charge in [0.2, 0.25) is 0 Å². The average Bonchev–Trinajstić information content (AvgIpc) is 2.33. The maximum Gasteiger partial charge on any atom is 0.254 e. The summed E-state index contributed by atoms with van der Waals surface area (Å²) in [6, 6.07) is 8.02. The quantitative estimate of drug-likeness (QED) is 0.861. The second-order valence-electron chi connectivity index (χ2n) is 4.95. The molecule has 0 saturated carbocycles. The van der Waals surface area contributed by atoms with Crippen LogP contribution in [0.1, 0.15) is 29.8 Å². The molecule has 0 aromatic heterocycles. The third-order valence-electron chi connectivity index (χ3n) is 3.54. The molecular formula is C14H20N2O. The molecule has 0 spiro atoms. The van der Waals surface area contributed by atoms with E-state index in [4.69, 9.17) is 5.73 Å². The molecule has 17 heavy (non-hydrogen) atoms. The van der Waals surface area contributed by atoms with E-state index in [1.54, 1.807) is 0 Å². The third kappa shape index (κ3) is 2.20. The molecule has 1 aromatic carbocycles. The normalized spacial score (nSPS) is 17.2. The molecule has 0 fully saturated rings. The summed E-state index contributed by atoms with van der Waals surface area (Å²) in [7, 11) is 0. The molecule has 1 heterocycles. The predicted octanol–water partition coefficient (Wildman–Crippen LogP) is 1.67. The highest BCUT2D eigenvalue weighted by Crippen LogP contribution is 2.22. The smallest absolute Gasteiger partial charge is 0.254 e. The first-order valence-corrected chi connectivity index (χ1v) is 6.24. The number of nitrogens with two attached hydrogens (primary N) is 1. The maximum absolute atomic E-state index is 12.4. The summed E-state index contributed by atoms with van der Waals surface area (Å²) in [5, 5.41) is 0. The van der Waals surface area contributed by atoms with Crippen molar-refractivity contribution in [3.05, 3.63) is 35.4 Å². The van der Waals surface area contributed by atoms with Crippen molar-refractivity contribution < 1.29 is 4.79 Å². The van der Waals surface area contributed by atoms with E-state index in [-0.39, 0.29) is 11.9 Å². The lowest BCUT2D eigenvalue weighted by Gasteiger charge is -2.37. The van der Waals surface area contributed by atoms with Crippen LogP contribution in [0.3, 0.4) is 0 Å². The fourth-order valence-corrected chi connectivity index (χ4v) is 2.52. The fraction of sp³-hybridized carbons (Fsp3) is 0.500. The fourth-order valence-electron chi connectivity index (χ4n) is 2.52. The first-order valence-electron chi connectivity index (χ1n) is 6.24. The van der Waals surface area contributed by atoms with Crippen LogP contribution in [0.4, 0.5) is 0 Å². The SMILES string of the molecule is CC(C)C(CN)N1CCc2ccccc2C1=O. The van der Waals surface area contributed by atoms with Gasteiger partial charge in [0, 0.05) is 24.7 Å². The highest BCUT2D eigenvalue weighted by molar-refractivity contribution is 5.96.